The van der Waals surface area contributed by atoms with Crippen LogP contribution in [0.25, 0.3) is 0 Å². The number of amides is 1. The smallest absolute Gasteiger partial charge is 0.277 e. The molecule has 0 aliphatic heterocycles. The maximum Gasteiger partial charge on any atom is 0.277 e. The van der Waals surface area contributed by atoms with Crippen molar-refractivity contribution in [1.82, 2.24) is 15.2 Å². The number of aromatic nitrogens is 3. The van der Waals surface area contributed by atoms with Crippen molar-refractivity contribution in [3.8, 4) is 0 Å². The predicted molar refractivity (Wildman–Crippen MR) is 88.7 cm³/mol. The van der Waals surface area contributed by atoms with Crippen molar-refractivity contribution in [3.05, 3.63) is 29.2 Å². The number of anilines is 1. The van der Waals surface area contributed by atoms with Gasteiger partial charge in [0, 0.05) is 12.6 Å². The van der Waals surface area contributed by atoms with E-state index in [1.807, 2.05) is 14.1 Å². The lowest BCUT2D eigenvalue weighted by Gasteiger charge is -2.15. The van der Waals surface area contributed by atoms with Crippen LogP contribution in [-0.4, -0.2) is 40.9 Å². The highest BCUT2D eigenvalue weighted by Gasteiger charge is 2.22. The minimum atomic E-state index is -0.199. The number of halogens is 1. The van der Waals surface area contributed by atoms with Gasteiger partial charge in [0.15, 0.2) is 6.04 Å². The molecule has 124 valence electrons. The number of hydrogen-bond donors (Lipinski definition) is 2. The highest BCUT2D eigenvalue weighted by molar-refractivity contribution is 7.99. The lowest BCUT2D eigenvalue weighted by molar-refractivity contribution is -0.894. The molecule has 1 amide bonds. The lowest BCUT2D eigenvalue weighted by Crippen LogP contribution is -3.06. The first-order valence-corrected chi connectivity index (χ1v) is 8.53. The molecule has 0 aromatic carbocycles. The molecule has 7 nitrogen and oxygen atoms in total. The molecule has 2 aromatic rings. The quantitative estimate of drug-likeness (QED) is 0.730. The van der Waals surface area contributed by atoms with E-state index >= 15 is 0 Å². The highest BCUT2D eigenvalue weighted by atomic mass is 35.5. The maximum atomic E-state index is 11.9. The van der Waals surface area contributed by atoms with Crippen molar-refractivity contribution in [2.75, 3.05) is 25.2 Å². The average Bonchev–Trinajstić information content (AvgIpc) is 2.96. The lowest BCUT2D eigenvalue weighted by atomic mass is 10.2. The Hall–Kier alpha value is -1.64. The van der Waals surface area contributed by atoms with Crippen LogP contribution in [0.2, 0.25) is 5.02 Å². The molecular weight excluding hydrogens is 338 g/mol. The van der Waals surface area contributed by atoms with E-state index in [2.05, 4.69) is 27.4 Å². The van der Waals surface area contributed by atoms with Gasteiger partial charge in [0.05, 0.1) is 24.9 Å². The molecule has 9 heteroatoms. The zero-order chi connectivity index (χ0) is 16.8. The number of pyridine rings is 1. The molecule has 0 saturated carbocycles. The number of rotatable bonds is 7. The van der Waals surface area contributed by atoms with E-state index in [9.17, 15) is 4.79 Å². The van der Waals surface area contributed by atoms with E-state index < -0.39 is 0 Å². The van der Waals surface area contributed by atoms with Crippen molar-refractivity contribution in [2.24, 2.45) is 0 Å². The van der Waals surface area contributed by atoms with Gasteiger partial charge in [-0.15, -0.1) is 10.2 Å². The van der Waals surface area contributed by atoms with Crippen LogP contribution < -0.4 is 10.2 Å². The van der Waals surface area contributed by atoms with Crippen molar-refractivity contribution >= 4 is 35.1 Å². The zero-order valence-electron chi connectivity index (χ0n) is 13.2. The third kappa shape index (κ3) is 5.19. The van der Waals surface area contributed by atoms with Gasteiger partial charge in [0.25, 0.3) is 11.1 Å². The zero-order valence-corrected chi connectivity index (χ0v) is 14.7. The van der Waals surface area contributed by atoms with Gasteiger partial charge in [-0.1, -0.05) is 30.3 Å². The van der Waals surface area contributed by atoms with Crippen LogP contribution in [0.3, 0.4) is 0 Å². The summed E-state index contributed by atoms with van der Waals surface area (Å²) < 4.78 is 5.62. The summed E-state index contributed by atoms with van der Waals surface area (Å²) in [5, 5.41) is 11.6. The Morgan fingerprint density at radius 1 is 1.43 bits per heavy atom. The van der Waals surface area contributed by atoms with Gasteiger partial charge in [-0.25, -0.2) is 4.98 Å². The number of carbonyl (C=O) groups excluding carboxylic acids is 1. The van der Waals surface area contributed by atoms with Crippen LogP contribution in [-0.2, 0) is 4.79 Å². The number of nitrogens with one attached hydrogen (secondary N) is 2. The molecule has 0 aliphatic carbocycles. The van der Waals surface area contributed by atoms with Crippen LogP contribution in [0.1, 0.15) is 25.3 Å². The highest BCUT2D eigenvalue weighted by Crippen LogP contribution is 2.20. The normalized spacial score (nSPS) is 12.4. The van der Waals surface area contributed by atoms with Gasteiger partial charge in [-0.3, -0.25) is 4.79 Å². The second kappa shape index (κ2) is 8.28. The molecule has 0 saturated heterocycles. The minimum absolute atomic E-state index is 0.156. The van der Waals surface area contributed by atoms with E-state index in [4.69, 9.17) is 16.0 Å². The SMILES string of the molecule is CC[C@@H](c1nnc(SCC(=O)Nc2ccc(Cl)cn2)o1)[NH+](C)C. The molecule has 0 unspecified atom stereocenters. The third-order valence-electron chi connectivity index (χ3n) is 3.15. The number of nitrogens with zero attached hydrogens (tertiary/aromatic N) is 3. The summed E-state index contributed by atoms with van der Waals surface area (Å²) in [7, 11) is 4.08. The molecule has 0 bridgehead atoms. The second-order valence-corrected chi connectivity index (χ2v) is 6.51. The molecule has 2 rings (SSSR count). The Bertz CT molecular complexity index is 647. The molecule has 1 atom stereocenters. The molecule has 0 aliphatic rings. The number of thioether (sulfide) groups is 1. The Morgan fingerprint density at radius 2 is 2.22 bits per heavy atom. The molecule has 23 heavy (non-hydrogen) atoms. The molecule has 0 radical (unpaired) electrons. The molecule has 2 heterocycles. The van der Waals surface area contributed by atoms with E-state index in [1.54, 1.807) is 12.1 Å². The van der Waals surface area contributed by atoms with Crippen LogP contribution in [0.5, 0.6) is 0 Å². The molecule has 0 fully saturated rings. The first-order valence-electron chi connectivity index (χ1n) is 7.17. The van der Waals surface area contributed by atoms with Gasteiger partial charge in [0.1, 0.15) is 5.82 Å². The second-order valence-electron chi connectivity index (χ2n) is 5.14. The van der Waals surface area contributed by atoms with Crippen molar-refractivity contribution < 1.29 is 14.1 Å². The van der Waals surface area contributed by atoms with E-state index in [0.29, 0.717) is 22.0 Å². The summed E-state index contributed by atoms with van der Waals surface area (Å²) in [5.41, 5.74) is 0. The van der Waals surface area contributed by atoms with Crippen molar-refractivity contribution in [3.63, 3.8) is 0 Å². The number of quaternary nitrogens is 1. The van der Waals surface area contributed by atoms with Crippen molar-refractivity contribution in [1.29, 1.82) is 0 Å². The van der Waals surface area contributed by atoms with Gasteiger partial charge < -0.3 is 14.6 Å². The van der Waals surface area contributed by atoms with Gasteiger partial charge in [-0.05, 0) is 12.1 Å². The average molecular weight is 357 g/mol. The summed E-state index contributed by atoms with van der Waals surface area (Å²) >= 11 is 6.94. The van der Waals surface area contributed by atoms with Crippen LogP contribution >= 0.6 is 23.4 Å². The topological polar surface area (TPSA) is 85.4 Å². The first kappa shape index (κ1) is 17.7. The predicted octanol–water partition coefficient (Wildman–Crippen LogP) is 1.44. The summed E-state index contributed by atoms with van der Waals surface area (Å²) in [4.78, 5) is 17.1. The fraction of sp³-hybridized carbons (Fsp3) is 0.429. The fourth-order valence-electron chi connectivity index (χ4n) is 2.01. The Labute approximate surface area is 143 Å². The Morgan fingerprint density at radius 3 is 2.83 bits per heavy atom. The van der Waals surface area contributed by atoms with Crippen LogP contribution in [0.4, 0.5) is 5.82 Å². The summed E-state index contributed by atoms with van der Waals surface area (Å²) in [6.45, 7) is 2.07. The molecule has 2 aromatic heterocycles. The monoisotopic (exact) mass is 356 g/mol. The first-order chi connectivity index (χ1) is 11.0. The Kier molecular flexibility index (Phi) is 6.37. The number of hydrogen-bond acceptors (Lipinski definition) is 6. The fourth-order valence-corrected chi connectivity index (χ4v) is 2.69. The summed E-state index contributed by atoms with van der Waals surface area (Å²) in [5.74, 6) is 1.01. The van der Waals surface area contributed by atoms with Crippen LogP contribution in [0.15, 0.2) is 28.0 Å². The third-order valence-corrected chi connectivity index (χ3v) is 4.19. The van der Waals surface area contributed by atoms with Gasteiger partial charge in [0.2, 0.25) is 5.91 Å². The van der Waals surface area contributed by atoms with E-state index in [1.165, 1.54) is 22.9 Å². The molecular formula is C14H19ClN5O2S+. The number of carbonyl (C=O) groups is 1. The summed E-state index contributed by atoms with van der Waals surface area (Å²) in [6.07, 6.45) is 2.38. The van der Waals surface area contributed by atoms with Gasteiger partial charge >= 0.3 is 0 Å². The molecule has 0 spiro atoms. The summed E-state index contributed by atoms with van der Waals surface area (Å²) in [6, 6.07) is 3.46. The largest absolute Gasteiger partial charge is 0.410 e. The Balaban J connectivity index is 1.87. The minimum Gasteiger partial charge on any atom is -0.410 e. The van der Waals surface area contributed by atoms with Crippen molar-refractivity contribution in [2.45, 2.75) is 24.6 Å². The van der Waals surface area contributed by atoms with Gasteiger partial charge in [-0.2, -0.15) is 0 Å². The van der Waals surface area contributed by atoms with E-state index in [-0.39, 0.29) is 17.7 Å². The van der Waals surface area contributed by atoms with Crippen LogP contribution in [0, 0.1) is 0 Å². The van der Waals surface area contributed by atoms with E-state index in [0.717, 1.165) is 6.42 Å². The molecule has 2 N–H and O–H groups in total. The standard InChI is InChI=1S/C14H18ClN5O2S/c1-4-10(20(2)3)13-18-19-14(22-13)23-8-12(21)17-11-6-5-9(15)7-16-11/h5-7,10H,4,8H2,1-3H3,(H,16,17,21)/p+1/t10-/m0/s1. The maximum absolute atomic E-state index is 11.9.